The van der Waals surface area contributed by atoms with Crippen molar-refractivity contribution in [1.82, 2.24) is 0 Å². The Morgan fingerprint density at radius 2 is 1.45 bits per heavy atom. The number of fused-ring (bicyclic) bond motifs is 3. The zero-order chi connectivity index (χ0) is 15.3. The van der Waals surface area contributed by atoms with Gasteiger partial charge in [0.05, 0.1) is 0 Å². The van der Waals surface area contributed by atoms with Crippen LogP contribution in [-0.4, -0.2) is 0 Å². The summed E-state index contributed by atoms with van der Waals surface area (Å²) < 4.78 is 2.33. The molecule has 0 nitrogen and oxygen atoms in total. The summed E-state index contributed by atoms with van der Waals surface area (Å²) in [6.07, 6.45) is 1.00. The number of halogens is 2. The molecule has 0 radical (unpaired) electrons. The molecule has 1 aliphatic rings. The van der Waals surface area contributed by atoms with Crippen LogP contribution in [0.4, 0.5) is 0 Å². The van der Waals surface area contributed by atoms with Gasteiger partial charge in [-0.3, -0.25) is 0 Å². The van der Waals surface area contributed by atoms with E-state index in [1.165, 1.54) is 43.4 Å². The van der Waals surface area contributed by atoms with E-state index in [1.54, 1.807) is 0 Å². The van der Waals surface area contributed by atoms with Crippen LogP contribution in [0.5, 0.6) is 0 Å². The molecule has 0 bridgehead atoms. The van der Waals surface area contributed by atoms with Gasteiger partial charge in [-0.2, -0.15) is 0 Å². The summed E-state index contributed by atoms with van der Waals surface area (Å²) >= 11 is 7.60. The molecule has 22 heavy (non-hydrogen) atoms. The lowest BCUT2D eigenvalue weighted by Gasteiger charge is -2.17. The van der Waals surface area contributed by atoms with Gasteiger partial charge in [-0.05, 0) is 78.6 Å². The SMILES string of the molecule is Cc1c(Br)c(Br)c2c(c1-c1ccccc1)Cc1ccccc1-2. The van der Waals surface area contributed by atoms with Gasteiger partial charge in [0.1, 0.15) is 0 Å². The number of hydrogen-bond donors (Lipinski definition) is 0. The molecule has 0 unspecified atom stereocenters. The van der Waals surface area contributed by atoms with Crippen LogP contribution in [0.2, 0.25) is 0 Å². The van der Waals surface area contributed by atoms with E-state index in [0.717, 1.165) is 10.9 Å². The highest BCUT2D eigenvalue weighted by atomic mass is 79.9. The highest BCUT2D eigenvalue weighted by molar-refractivity contribution is 9.13. The molecule has 108 valence electrons. The van der Waals surface area contributed by atoms with Crippen molar-refractivity contribution in [2.24, 2.45) is 0 Å². The fourth-order valence-electron chi connectivity index (χ4n) is 3.43. The Kier molecular flexibility index (Phi) is 3.47. The molecule has 4 rings (SSSR count). The van der Waals surface area contributed by atoms with Crippen LogP contribution in [0.15, 0.2) is 63.5 Å². The minimum Gasteiger partial charge on any atom is -0.0622 e. The Balaban J connectivity index is 2.10. The lowest BCUT2D eigenvalue weighted by molar-refractivity contribution is 1.24. The predicted molar refractivity (Wildman–Crippen MR) is 100 cm³/mol. The van der Waals surface area contributed by atoms with Crippen LogP contribution < -0.4 is 0 Å². The van der Waals surface area contributed by atoms with Gasteiger partial charge in [-0.1, -0.05) is 54.6 Å². The number of hydrogen-bond acceptors (Lipinski definition) is 0. The lowest BCUT2D eigenvalue weighted by atomic mass is 9.91. The van der Waals surface area contributed by atoms with Crippen molar-refractivity contribution < 1.29 is 0 Å². The topological polar surface area (TPSA) is 0 Å². The number of benzene rings is 3. The number of rotatable bonds is 1. The second-order valence-corrected chi connectivity index (χ2v) is 7.27. The molecule has 3 aromatic carbocycles. The largest absolute Gasteiger partial charge is 0.0622 e. The lowest BCUT2D eigenvalue weighted by Crippen LogP contribution is -1.95. The quantitative estimate of drug-likeness (QED) is 0.323. The molecular formula is C20H14Br2. The van der Waals surface area contributed by atoms with Crippen molar-refractivity contribution in [3.8, 4) is 22.3 Å². The van der Waals surface area contributed by atoms with Crippen LogP contribution in [0.1, 0.15) is 16.7 Å². The highest BCUT2D eigenvalue weighted by Crippen LogP contribution is 2.50. The standard InChI is InChI=1S/C20H14Br2/c1-12-17(13-7-3-2-4-8-13)16-11-14-9-5-6-10-15(14)18(16)20(22)19(12)21/h2-10H,11H2,1H3. The average Bonchev–Trinajstić information content (AvgIpc) is 2.93. The maximum absolute atomic E-state index is 3.81. The van der Waals surface area contributed by atoms with E-state index in [2.05, 4.69) is 93.4 Å². The summed E-state index contributed by atoms with van der Waals surface area (Å²) in [7, 11) is 0. The molecule has 2 heteroatoms. The molecule has 3 aromatic rings. The molecule has 0 N–H and O–H groups in total. The first kappa shape index (κ1) is 14.2. The van der Waals surface area contributed by atoms with Crippen LogP contribution in [0, 0.1) is 6.92 Å². The predicted octanol–water partition coefficient (Wildman–Crippen LogP) is 6.76. The maximum Gasteiger partial charge on any atom is 0.0401 e. The maximum atomic E-state index is 3.81. The smallest absolute Gasteiger partial charge is 0.0401 e. The Morgan fingerprint density at radius 1 is 0.773 bits per heavy atom. The molecule has 0 spiro atoms. The summed E-state index contributed by atoms with van der Waals surface area (Å²) in [5.74, 6) is 0. The average molecular weight is 414 g/mol. The summed E-state index contributed by atoms with van der Waals surface area (Å²) in [5, 5.41) is 0. The summed E-state index contributed by atoms with van der Waals surface area (Å²) in [4.78, 5) is 0. The van der Waals surface area contributed by atoms with Crippen LogP contribution in [0.3, 0.4) is 0 Å². The Bertz CT molecular complexity index is 880. The monoisotopic (exact) mass is 412 g/mol. The molecule has 0 saturated carbocycles. The van der Waals surface area contributed by atoms with Gasteiger partial charge in [0.25, 0.3) is 0 Å². The minimum atomic E-state index is 1.00. The van der Waals surface area contributed by atoms with Crippen molar-refractivity contribution in [3.05, 3.63) is 80.2 Å². The van der Waals surface area contributed by atoms with Gasteiger partial charge in [0.2, 0.25) is 0 Å². The molecule has 0 saturated heterocycles. The third kappa shape index (κ3) is 2.01. The molecule has 0 heterocycles. The van der Waals surface area contributed by atoms with Gasteiger partial charge in [-0.15, -0.1) is 0 Å². The fourth-order valence-corrected chi connectivity index (χ4v) is 4.58. The van der Waals surface area contributed by atoms with E-state index < -0.39 is 0 Å². The molecule has 1 aliphatic carbocycles. The van der Waals surface area contributed by atoms with Crippen LogP contribution in [0.25, 0.3) is 22.3 Å². The highest BCUT2D eigenvalue weighted by Gasteiger charge is 2.27. The zero-order valence-electron chi connectivity index (χ0n) is 12.2. The van der Waals surface area contributed by atoms with E-state index in [-0.39, 0.29) is 0 Å². The molecular weight excluding hydrogens is 400 g/mol. The molecule has 0 atom stereocenters. The van der Waals surface area contributed by atoms with E-state index in [9.17, 15) is 0 Å². The summed E-state index contributed by atoms with van der Waals surface area (Å²) in [6, 6.07) is 19.4. The second-order valence-electron chi connectivity index (χ2n) is 5.68. The van der Waals surface area contributed by atoms with Crippen molar-refractivity contribution in [1.29, 1.82) is 0 Å². The Labute approximate surface area is 147 Å². The fraction of sp³-hybridized carbons (Fsp3) is 0.100. The summed E-state index contributed by atoms with van der Waals surface area (Å²) in [6.45, 7) is 2.19. The van der Waals surface area contributed by atoms with Gasteiger partial charge in [0.15, 0.2) is 0 Å². The van der Waals surface area contributed by atoms with E-state index in [0.29, 0.717) is 0 Å². The minimum absolute atomic E-state index is 1.00. The molecule has 0 aliphatic heterocycles. The third-order valence-electron chi connectivity index (χ3n) is 4.44. The first-order chi connectivity index (χ1) is 10.7. The van der Waals surface area contributed by atoms with Crippen molar-refractivity contribution in [2.45, 2.75) is 13.3 Å². The molecule has 0 fully saturated rings. The summed E-state index contributed by atoms with van der Waals surface area (Å²) in [5.41, 5.74) is 9.48. The van der Waals surface area contributed by atoms with Crippen LogP contribution in [-0.2, 0) is 6.42 Å². The van der Waals surface area contributed by atoms with Gasteiger partial charge in [-0.25, -0.2) is 0 Å². The first-order valence-electron chi connectivity index (χ1n) is 7.32. The van der Waals surface area contributed by atoms with Crippen molar-refractivity contribution in [2.75, 3.05) is 0 Å². The van der Waals surface area contributed by atoms with Crippen molar-refractivity contribution >= 4 is 31.9 Å². The Hall–Kier alpha value is -1.38. The van der Waals surface area contributed by atoms with E-state index >= 15 is 0 Å². The molecule has 0 aromatic heterocycles. The van der Waals surface area contributed by atoms with Gasteiger partial charge in [0, 0.05) is 14.5 Å². The van der Waals surface area contributed by atoms with Gasteiger partial charge < -0.3 is 0 Å². The third-order valence-corrected chi connectivity index (χ3v) is 6.75. The second kappa shape index (κ2) is 5.36. The Morgan fingerprint density at radius 3 is 2.23 bits per heavy atom. The molecule has 0 amide bonds. The first-order valence-corrected chi connectivity index (χ1v) is 8.91. The normalized spacial score (nSPS) is 12.1. The zero-order valence-corrected chi connectivity index (χ0v) is 15.3. The van der Waals surface area contributed by atoms with E-state index in [1.807, 2.05) is 0 Å². The van der Waals surface area contributed by atoms with Crippen molar-refractivity contribution in [3.63, 3.8) is 0 Å². The van der Waals surface area contributed by atoms with Gasteiger partial charge >= 0.3 is 0 Å². The van der Waals surface area contributed by atoms with Crippen LogP contribution >= 0.6 is 31.9 Å². The van der Waals surface area contributed by atoms with E-state index in [4.69, 9.17) is 0 Å².